The first-order chi connectivity index (χ1) is 8.45. The second-order valence-corrected chi connectivity index (χ2v) is 5.16. The Kier molecular flexibility index (Phi) is 5.82. The molecule has 0 amide bonds. The summed E-state index contributed by atoms with van der Waals surface area (Å²) < 4.78 is 0. The fraction of sp³-hybridized carbons (Fsp3) is 0.692. The number of hydrogen-bond donors (Lipinski definition) is 0. The zero-order valence-electron chi connectivity index (χ0n) is 12.0. The fourth-order valence-electron chi connectivity index (χ4n) is 1.80. The average molecular weight is 271 g/mol. The minimum atomic E-state index is 0.559. The van der Waals surface area contributed by atoms with Crippen LogP contribution >= 0.6 is 11.6 Å². The molecular weight excluding hydrogens is 248 g/mol. The molecule has 0 aliphatic rings. The van der Waals surface area contributed by atoms with Gasteiger partial charge in [-0.25, -0.2) is 9.97 Å². The van der Waals surface area contributed by atoms with Crippen LogP contribution in [0.1, 0.15) is 24.7 Å². The van der Waals surface area contributed by atoms with Crippen molar-refractivity contribution in [3.05, 3.63) is 16.5 Å². The van der Waals surface area contributed by atoms with Crippen molar-refractivity contribution in [1.29, 1.82) is 0 Å². The van der Waals surface area contributed by atoms with E-state index in [9.17, 15) is 0 Å². The minimum Gasteiger partial charge on any atom is -0.355 e. The average Bonchev–Trinajstić information content (AvgIpc) is 2.29. The molecule has 0 N–H and O–H groups in total. The van der Waals surface area contributed by atoms with Crippen molar-refractivity contribution in [2.45, 2.75) is 27.2 Å². The second-order valence-electron chi connectivity index (χ2n) is 4.80. The highest BCUT2D eigenvalue weighted by molar-refractivity contribution is 6.30. The van der Waals surface area contributed by atoms with Crippen LogP contribution in [0.5, 0.6) is 0 Å². The summed E-state index contributed by atoms with van der Waals surface area (Å²) in [5, 5.41) is 0.559. The zero-order chi connectivity index (χ0) is 13.7. The number of rotatable bonds is 6. The molecule has 18 heavy (non-hydrogen) atoms. The monoisotopic (exact) mass is 270 g/mol. The predicted octanol–water partition coefficient (Wildman–Crippen LogP) is 2.52. The Hall–Kier alpha value is -0.870. The van der Waals surface area contributed by atoms with Gasteiger partial charge in [-0.05, 0) is 34.4 Å². The maximum absolute atomic E-state index is 6.14. The van der Waals surface area contributed by atoms with E-state index < -0.39 is 0 Å². The van der Waals surface area contributed by atoms with Gasteiger partial charge in [0.1, 0.15) is 16.8 Å². The quantitative estimate of drug-likeness (QED) is 0.744. The smallest absolute Gasteiger partial charge is 0.137 e. The molecule has 0 aromatic carbocycles. The molecule has 5 heteroatoms. The number of aromatic nitrogens is 2. The van der Waals surface area contributed by atoms with Gasteiger partial charge in [-0.3, -0.25) is 0 Å². The van der Waals surface area contributed by atoms with Crippen molar-refractivity contribution in [3.63, 3.8) is 0 Å². The summed E-state index contributed by atoms with van der Waals surface area (Å²) in [7, 11) is 4.16. The Morgan fingerprint density at radius 3 is 2.28 bits per heavy atom. The van der Waals surface area contributed by atoms with Crippen LogP contribution in [0.3, 0.4) is 0 Å². The molecule has 1 heterocycles. The van der Waals surface area contributed by atoms with Crippen LogP contribution in [0.2, 0.25) is 5.15 Å². The van der Waals surface area contributed by atoms with Gasteiger partial charge in [0.05, 0.1) is 0 Å². The predicted molar refractivity (Wildman–Crippen MR) is 77.6 cm³/mol. The summed E-state index contributed by atoms with van der Waals surface area (Å²) in [4.78, 5) is 13.2. The van der Waals surface area contributed by atoms with Crippen LogP contribution in [-0.4, -0.2) is 48.6 Å². The zero-order valence-corrected chi connectivity index (χ0v) is 12.8. The first-order valence-electron chi connectivity index (χ1n) is 6.36. The Bertz CT molecular complexity index is 393. The van der Waals surface area contributed by atoms with E-state index in [0.29, 0.717) is 5.15 Å². The van der Waals surface area contributed by atoms with E-state index in [2.05, 4.69) is 40.8 Å². The third-order valence-electron chi connectivity index (χ3n) is 2.78. The van der Waals surface area contributed by atoms with Gasteiger partial charge in [-0.2, -0.15) is 0 Å². The van der Waals surface area contributed by atoms with Crippen molar-refractivity contribution in [3.8, 4) is 0 Å². The number of nitrogens with zero attached hydrogens (tertiary/aromatic N) is 4. The van der Waals surface area contributed by atoms with Gasteiger partial charge in [0.15, 0.2) is 0 Å². The summed E-state index contributed by atoms with van der Waals surface area (Å²) in [6, 6.07) is 0. The van der Waals surface area contributed by atoms with E-state index in [1.807, 2.05) is 13.8 Å². The highest BCUT2D eigenvalue weighted by atomic mass is 35.5. The van der Waals surface area contributed by atoms with E-state index in [0.717, 1.165) is 43.3 Å². The standard InChI is InChI=1S/C13H23ClN4/c1-6-7-18(9-8-17(4)5)13-10(2)12(14)15-11(3)16-13/h6-9H2,1-5H3. The molecule has 1 aromatic rings. The van der Waals surface area contributed by atoms with E-state index in [-0.39, 0.29) is 0 Å². The molecule has 0 spiro atoms. The Balaban J connectivity index is 2.97. The number of hydrogen-bond acceptors (Lipinski definition) is 4. The molecule has 0 aliphatic carbocycles. The first kappa shape index (κ1) is 15.2. The summed E-state index contributed by atoms with van der Waals surface area (Å²) in [6.45, 7) is 8.98. The number of anilines is 1. The Morgan fingerprint density at radius 1 is 1.06 bits per heavy atom. The third-order valence-corrected chi connectivity index (χ3v) is 3.15. The topological polar surface area (TPSA) is 32.3 Å². The second kappa shape index (κ2) is 6.90. The van der Waals surface area contributed by atoms with Gasteiger partial charge < -0.3 is 9.80 Å². The molecule has 0 saturated heterocycles. The first-order valence-corrected chi connectivity index (χ1v) is 6.74. The van der Waals surface area contributed by atoms with E-state index in [4.69, 9.17) is 11.6 Å². The summed E-state index contributed by atoms with van der Waals surface area (Å²) in [5.41, 5.74) is 0.967. The molecule has 1 rings (SSSR count). The van der Waals surface area contributed by atoms with Gasteiger partial charge >= 0.3 is 0 Å². The van der Waals surface area contributed by atoms with Gasteiger partial charge in [0.2, 0.25) is 0 Å². The van der Waals surface area contributed by atoms with Crippen molar-refractivity contribution < 1.29 is 0 Å². The highest BCUT2D eigenvalue weighted by Gasteiger charge is 2.14. The SMILES string of the molecule is CCCN(CCN(C)C)c1nc(C)nc(Cl)c1C. The van der Waals surface area contributed by atoms with Gasteiger partial charge in [0, 0.05) is 25.2 Å². The lowest BCUT2D eigenvalue weighted by atomic mass is 10.3. The minimum absolute atomic E-state index is 0.559. The van der Waals surface area contributed by atoms with Crippen LogP contribution in [0.25, 0.3) is 0 Å². The number of likely N-dealkylation sites (N-methyl/N-ethyl adjacent to an activating group) is 1. The molecule has 102 valence electrons. The highest BCUT2D eigenvalue weighted by Crippen LogP contribution is 2.23. The molecule has 0 unspecified atom stereocenters. The van der Waals surface area contributed by atoms with Crippen LogP contribution in [0.4, 0.5) is 5.82 Å². The van der Waals surface area contributed by atoms with Crippen molar-refractivity contribution in [2.24, 2.45) is 0 Å². The maximum Gasteiger partial charge on any atom is 0.137 e. The lowest BCUT2D eigenvalue weighted by Gasteiger charge is -2.26. The molecule has 0 bridgehead atoms. The van der Waals surface area contributed by atoms with Crippen molar-refractivity contribution >= 4 is 17.4 Å². The third kappa shape index (κ3) is 4.10. The van der Waals surface area contributed by atoms with Crippen LogP contribution in [-0.2, 0) is 0 Å². The molecule has 0 radical (unpaired) electrons. The molecule has 4 nitrogen and oxygen atoms in total. The lowest BCUT2D eigenvalue weighted by Crippen LogP contribution is -2.33. The van der Waals surface area contributed by atoms with Crippen LogP contribution in [0, 0.1) is 13.8 Å². The van der Waals surface area contributed by atoms with E-state index in [1.165, 1.54) is 0 Å². The molecule has 0 saturated carbocycles. The van der Waals surface area contributed by atoms with Crippen molar-refractivity contribution in [1.82, 2.24) is 14.9 Å². The largest absolute Gasteiger partial charge is 0.355 e. The Labute approximate surface area is 115 Å². The van der Waals surface area contributed by atoms with Gasteiger partial charge in [-0.15, -0.1) is 0 Å². The number of halogens is 1. The molecule has 0 aliphatic heterocycles. The lowest BCUT2D eigenvalue weighted by molar-refractivity contribution is 0.412. The Morgan fingerprint density at radius 2 is 1.72 bits per heavy atom. The molecule has 1 aromatic heterocycles. The molecule has 0 atom stereocenters. The van der Waals surface area contributed by atoms with Crippen LogP contribution < -0.4 is 4.90 Å². The summed E-state index contributed by atoms with van der Waals surface area (Å²) >= 11 is 6.14. The van der Waals surface area contributed by atoms with E-state index >= 15 is 0 Å². The van der Waals surface area contributed by atoms with Crippen molar-refractivity contribution in [2.75, 3.05) is 38.6 Å². The fourth-order valence-corrected chi connectivity index (χ4v) is 2.01. The van der Waals surface area contributed by atoms with Gasteiger partial charge in [-0.1, -0.05) is 18.5 Å². The van der Waals surface area contributed by atoms with Crippen LogP contribution in [0.15, 0.2) is 0 Å². The number of aryl methyl sites for hydroxylation is 1. The summed E-state index contributed by atoms with van der Waals surface area (Å²) in [5.74, 6) is 1.70. The van der Waals surface area contributed by atoms with Gasteiger partial charge in [0.25, 0.3) is 0 Å². The summed E-state index contributed by atoms with van der Waals surface area (Å²) in [6.07, 6.45) is 1.09. The molecule has 0 fully saturated rings. The van der Waals surface area contributed by atoms with E-state index in [1.54, 1.807) is 0 Å². The maximum atomic E-state index is 6.14. The molecular formula is C13H23ClN4. The normalized spacial score (nSPS) is 11.1.